The standard InChI is InChI=1S/C16H17N3O7/c20-13(8-18-16(23)26-9-10-4-2-1-3-5-10)14(21)12-6-11(19(24)25)7-17-15(12)22/h1-7,13-14,20-21H,8-9H2,(H,17,22)(H,18,23). The van der Waals surface area contributed by atoms with Crippen LogP contribution >= 0.6 is 0 Å². The maximum Gasteiger partial charge on any atom is 0.407 e. The predicted octanol–water partition coefficient (Wildman–Crippen LogP) is 0.604. The van der Waals surface area contributed by atoms with E-state index in [4.69, 9.17) is 4.74 Å². The lowest BCUT2D eigenvalue weighted by Crippen LogP contribution is -2.37. The molecule has 138 valence electrons. The lowest BCUT2D eigenvalue weighted by molar-refractivity contribution is -0.385. The molecule has 1 aromatic carbocycles. The Morgan fingerprint density at radius 3 is 2.65 bits per heavy atom. The fourth-order valence-electron chi connectivity index (χ4n) is 2.10. The first kappa shape index (κ1) is 19.1. The number of hydrogen-bond acceptors (Lipinski definition) is 7. The van der Waals surface area contributed by atoms with E-state index in [1.54, 1.807) is 24.3 Å². The summed E-state index contributed by atoms with van der Waals surface area (Å²) in [6, 6.07) is 9.78. The van der Waals surface area contributed by atoms with Gasteiger partial charge in [-0.15, -0.1) is 0 Å². The second kappa shape index (κ2) is 8.74. The zero-order valence-electron chi connectivity index (χ0n) is 13.5. The summed E-state index contributed by atoms with van der Waals surface area (Å²) in [6.07, 6.45) is -3.24. The number of nitrogens with zero attached hydrogens (tertiary/aromatic N) is 1. The number of H-pyrrole nitrogens is 1. The van der Waals surface area contributed by atoms with E-state index in [9.17, 15) is 29.9 Å². The summed E-state index contributed by atoms with van der Waals surface area (Å²) in [7, 11) is 0. The SMILES string of the molecule is O=C(NCC(O)C(O)c1cc([N+](=O)[O-])c[nH]c1=O)OCc1ccccc1. The van der Waals surface area contributed by atoms with Crippen LogP contribution in [0.25, 0.3) is 0 Å². The number of aliphatic hydroxyl groups excluding tert-OH is 2. The van der Waals surface area contributed by atoms with Gasteiger partial charge in [-0.1, -0.05) is 30.3 Å². The van der Waals surface area contributed by atoms with E-state index in [0.29, 0.717) is 0 Å². The predicted molar refractivity (Wildman–Crippen MR) is 89.3 cm³/mol. The number of aliphatic hydroxyl groups is 2. The number of nitrogens with one attached hydrogen (secondary N) is 2. The third-order valence-corrected chi connectivity index (χ3v) is 3.48. The molecule has 0 radical (unpaired) electrons. The normalized spacial score (nSPS) is 12.8. The van der Waals surface area contributed by atoms with Crippen molar-refractivity contribution in [3.63, 3.8) is 0 Å². The first-order valence-corrected chi connectivity index (χ1v) is 7.56. The molecule has 0 aliphatic carbocycles. The molecule has 2 rings (SSSR count). The lowest BCUT2D eigenvalue weighted by Gasteiger charge is -2.17. The van der Waals surface area contributed by atoms with Crippen molar-refractivity contribution in [2.45, 2.75) is 18.8 Å². The maximum atomic E-state index is 11.7. The topological polar surface area (TPSA) is 155 Å². The molecule has 2 unspecified atom stereocenters. The van der Waals surface area contributed by atoms with Crippen LogP contribution < -0.4 is 10.9 Å². The molecule has 0 saturated heterocycles. The van der Waals surface area contributed by atoms with Crippen LogP contribution in [0.1, 0.15) is 17.2 Å². The quantitative estimate of drug-likeness (QED) is 0.415. The highest BCUT2D eigenvalue weighted by Crippen LogP contribution is 2.17. The van der Waals surface area contributed by atoms with Crippen molar-refractivity contribution in [3.05, 3.63) is 74.2 Å². The molecule has 10 nitrogen and oxygen atoms in total. The number of carbonyl (C=O) groups is 1. The van der Waals surface area contributed by atoms with Crippen molar-refractivity contribution in [2.24, 2.45) is 0 Å². The number of ether oxygens (including phenoxy) is 1. The average molecular weight is 363 g/mol. The van der Waals surface area contributed by atoms with Gasteiger partial charge in [0.1, 0.15) is 18.8 Å². The molecule has 0 aliphatic heterocycles. The molecule has 0 spiro atoms. The van der Waals surface area contributed by atoms with Gasteiger partial charge in [0.25, 0.3) is 11.2 Å². The molecule has 0 aliphatic rings. The number of benzene rings is 1. The average Bonchev–Trinajstić information content (AvgIpc) is 2.64. The minimum absolute atomic E-state index is 0.0237. The van der Waals surface area contributed by atoms with E-state index >= 15 is 0 Å². The minimum Gasteiger partial charge on any atom is -0.445 e. The van der Waals surface area contributed by atoms with Crippen LogP contribution in [0.3, 0.4) is 0 Å². The third-order valence-electron chi connectivity index (χ3n) is 3.48. The Morgan fingerprint density at radius 2 is 2.00 bits per heavy atom. The maximum absolute atomic E-state index is 11.7. The molecule has 1 heterocycles. The third kappa shape index (κ3) is 5.13. The number of pyridine rings is 1. The Morgan fingerprint density at radius 1 is 1.31 bits per heavy atom. The molecule has 1 amide bonds. The van der Waals surface area contributed by atoms with Gasteiger partial charge < -0.3 is 25.3 Å². The first-order valence-electron chi connectivity index (χ1n) is 7.56. The van der Waals surface area contributed by atoms with Gasteiger partial charge in [0.15, 0.2) is 0 Å². The molecule has 2 atom stereocenters. The van der Waals surface area contributed by atoms with Gasteiger partial charge >= 0.3 is 6.09 Å². The van der Waals surface area contributed by atoms with Gasteiger partial charge in [-0.05, 0) is 5.56 Å². The molecule has 0 saturated carbocycles. The number of hydrogen-bond donors (Lipinski definition) is 4. The number of aromatic amines is 1. The van der Waals surface area contributed by atoms with E-state index < -0.39 is 41.0 Å². The number of carbonyl (C=O) groups excluding carboxylic acids is 1. The van der Waals surface area contributed by atoms with Crippen LogP contribution in [0, 0.1) is 10.1 Å². The summed E-state index contributed by atoms with van der Waals surface area (Å²) in [5, 5.41) is 32.9. The van der Waals surface area contributed by atoms with E-state index in [2.05, 4.69) is 10.3 Å². The van der Waals surface area contributed by atoms with E-state index in [-0.39, 0.29) is 12.2 Å². The van der Waals surface area contributed by atoms with Gasteiger partial charge in [-0.25, -0.2) is 4.79 Å². The Bertz CT molecular complexity index is 822. The van der Waals surface area contributed by atoms with Crippen LogP contribution in [-0.2, 0) is 11.3 Å². The highest BCUT2D eigenvalue weighted by atomic mass is 16.6. The van der Waals surface area contributed by atoms with Crippen molar-refractivity contribution in [1.29, 1.82) is 0 Å². The molecule has 1 aromatic heterocycles. The van der Waals surface area contributed by atoms with E-state index in [1.807, 2.05) is 6.07 Å². The molecule has 0 fully saturated rings. The lowest BCUT2D eigenvalue weighted by atomic mass is 10.1. The second-order valence-corrected chi connectivity index (χ2v) is 5.35. The summed E-state index contributed by atoms with van der Waals surface area (Å²) < 4.78 is 4.94. The van der Waals surface area contributed by atoms with Gasteiger partial charge in [-0.2, -0.15) is 0 Å². The Kier molecular flexibility index (Phi) is 6.42. The molecular formula is C16H17N3O7. The Hall–Kier alpha value is -3.24. The van der Waals surface area contributed by atoms with Crippen LogP contribution in [0.15, 0.2) is 47.4 Å². The van der Waals surface area contributed by atoms with Crippen LogP contribution in [0.2, 0.25) is 0 Å². The number of alkyl carbamates (subject to hydrolysis) is 1. The Balaban J connectivity index is 1.90. The van der Waals surface area contributed by atoms with Crippen molar-refractivity contribution in [2.75, 3.05) is 6.54 Å². The molecule has 2 aromatic rings. The largest absolute Gasteiger partial charge is 0.445 e. The summed E-state index contributed by atoms with van der Waals surface area (Å²) in [4.78, 5) is 35.4. The number of aromatic nitrogens is 1. The summed E-state index contributed by atoms with van der Waals surface area (Å²) in [5.41, 5.74) is -0.840. The monoisotopic (exact) mass is 363 g/mol. The summed E-state index contributed by atoms with van der Waals surface area (Å²) >= 11 is 0. The fraction of sp³-hybridized carbons (Fsp3) is 0.250. The van der Waals surface area contributed by atoms with Gasteiger partial charge in [0, 0.05) is 12.6 Å². The molecular weight excluding hydrogens is 346 g/mol. The van der Waals surface area contributed by atoms with Gasteiger partial charge in [0.2, 0.25) is 0 Å². The minimum atomic E-state index is -1.73. The summed E-state index contributed by atoms with van der Waals surface area (Å²) in [6.45, 7) is -0.396. The fourth-order valence-corrected chi connectivity index (χ4v) is 2.10. The van der Waals surface area contributed by atoms with Gasteiger partial charge in [0.05, 0.1) is 16.7 Å². The van der Waals surface area contributed by atoms with Crippen LogP contribution in [0.5, 0.6) is 0 Å². The Labute approximate surface area is 147 Å². The highest BCUT2D eigenvalue weighted by molar-refractivity contribution is 5.67. The zero-order chi connectivity index (χ0) is 19.1. The van der Waals surface area contributed by atoms with E-state index in [1.165, 1.54) is 0 Å². The number of amides is 1. The number of rotatable bonds is 7. The number of nitro groups is 1. The van der Waals surface area contributed by atoms with Crippen molar-refractivity contribution < 1.29 is 24.7 Å². The molecule has 0 bridgehead atoms. The van der Waals surface area contributed by atoms with Crippen molar-refractivity contribution in [1.82, 2.24) is 10.3 Å². The highest BCUT2D eigenvalue weighted by Gasteiger charge is 2.24. The van der Waals surface area contributed by atoms with Crippen molar-refractivity contribution in [3.8, 4) is 0 Å². The van der Waals surface area contributed by atoms with Crippen molar-refractivity contribution >= 4 is 11.8 Å². The summed E-state index contributed by atoms with van der Waals surface area (Å²) in [5.74, 6) is 0. The van der Waals surface area contributed by atoms with Gasteiger partial charge in [-0.3, -0.25) is 14.9 Å². The molecule has 10 heteroatoms. The first-order chi connectivity index (χ1) is 12.4. The zero-order valence-corrected chi connectivity index (χ0v) is 13.5. The van der Waals surface area contributed by atoms with Crippen LogP contribution in [-0.4, -0.2) is 38.9 Å². The molecule has 4 N–H and O–H groups in total. The smallest absolute Gasteiger partial charge is 0.407 e. The second-order valence-electron chi connectivity index (χ2n) is 5.35. The molecule has 26 heavy (non-hydrogen) atoms. The van der Waals surface area contributed by atoms with E-state index in [0.717, 1.165) is 17.8 Å². The van der Waals surface area contributed by atoms with Crippen LogP contribution in [0.4, 0.5) is 10.5 Å².